The fourth-order valence-corrected chi connectivity index (χ4v) is 3.72. The molecule has 0 saturated carbocycles. The van der Waals surface area contributed by atoms with Crippen molar-refractivity contribution < 1.29 is 9.18 Å². The normalized spacial score (nSPS) is 16.5. The first-order valence-corrected chi connectivity index (χ1v) is 10.3. The van der Waals surface area contributed by atoms with Crippen molar-refractivity contribution in [3.63, 3.8) is 0 Å². The second-order valence-corrected chi connectivity index (χ2v) is 7.98. The number of benzene rings is 2. The lowest BCUT2D eigenvalue weighted by atomic mass is 9.97. The summed E-state index contributed by atoms with van der Waals surface area (Å²) in [6.07, 6.45) is 5.12. The number of nitrogens with one attached hydrogen (secondary N) is 1. The minimum Gasteiger partial charge on any atom is -0.340 e. The molecule has 0 unspecified atom stereocenters. The quantitative estimate of drug-likeness (QED) is 0.608. The lowest BCUT2D eigenvalue weighted by Crippen LogP contribution is -2.41. The van der Waals surface area contributed by atoms with E-state index >= 15 is 0 Å². The summed E-state index contributed by atoms with van der Waals surface area (Å²) in [6, 6.07) is 13.9. The lowest BCUT2D eigenvalue weighted by Gasteiger charge is -2.32. The van der Waals surface area contributed by atoms with Crippen molar-refractivity contribution in [2.75, 3.05) is 23.3 Å². The molecule has 0 bridgehead atoms. The number of hydrogen-bond donors (Lipinski definition) is 1. The van der Waals surface area contributed by atoms with Gasteiger partial charge >= 0.3 is 0 Å². The summed E-state index contributed by atoms with van der Waals surface area (Å²) in [5.41, 5.74) is 2.28. The van der Waals surface area contributed by atoms with Gasteiger partial charge in [0, 0.05) is 41.2 Å². The molecular formula is C22H20BrFN4O. The summed E-state index contributed by atoms with van der Waals surface area (Å²) < 4.78 is 14.4. The van der Waals surface area contributed by atoms with Crippen LogP contribution >= 0.6 is 15.9 Å². The Morgan fingerprint density at radius 2 is 1.86 bits per heavy atom. The largest absolute Gasteiger partial charge is 0.340 e. The third-order valence-corrected chi connectivity index (χ3v) is 5.51. The number of aromatic nitrogens is 2. The van der Waals surface area contributed by atoms with Crippen LogP contribution in [0.2, 0.25) is 0 Å². The zero-order chi connectivity index (χ0) is 20.2. The van der Waals surface area contributed by atoms with Crippen molar-refractivity contribution in [2.24, 2.45) is 5.92 Å². The van der Waals surface area contributed by atoms with Gasteiger partial charge < -0.3 is 10.2 Å². The molecule has 0 radical (unpaired) electrons. The minimum atomic E-state index is -0.290. The van der Waals surface area contributed by atoms with E-state index in [0.717, 1.165) is 40.7 Å². The number of halogens is 2. The SMILES string of the molecule is O=C(Nc1ccc(Br)cc1)[C@@H]1CCCN(c2ncc(-c3cccc(F)c3)cn2)C1. The molecule has 29 heavy (non-hydrogen) atoms. The summed E-state index contributed by atoms with van der Waals surface area (Å²) in [6.45, 7) is 1.38. The maximum atomic E-state index is 13.4. The number of anilines is 2. The molecule has 1 atom stereocenters. The fraction of sp³-hybridized carbons (Fsp3) is 0.227. The van der Waals surface area contributed by atoms with Crippen LogP contribution < -0.4 is 10.2 Å². The van der Waals surface area contributed by atoms with Crippen molar-refractivity contribution >= 4 is 33.5 Å². The van der Waals surface area contributed by atoms with Crippen molar-refractivity contribution in [1.29, 1.82) is 0 Å². The second-order valence-electron chi connectivity index (χ2n) is 7.06. The molecule has 2 aromatic carbocycles. The Labute approximate surface area is 177 Å². The van der Waals surface area contributed by atoms with Crippen molar-refractivity contribution in [3.8, 4) is 11.1 Å². The van der Waals surface area contributed by atoms with Crippen LogP contribution in [0.3, 0.4) is 0 Å². The number of rotatable bonds is 4. The number of carbonyl (C=O) groups excluding carboxylic acids is 1. The first-order chi connectivity index (χ1) is 14.1. The van der Waals surface area contributed by atoms with Crippen LogP contribution in [0.5, 0.6) is 0 Å². The minimum absolute atomic E-state index is 0.00778. The zero-order valence-corrected chi connectivity index (χ0v) is 17.3. The van der Waals surface area contributed by atoms with Gasteiger partial charge in [-0.2, -0.15) is 0 Å². The van der Waals surface area contributed by atoms with E-state index in [1.165, 1.54) is 12.1 Å². The molecular weight excluding hydrogens is 435 g/mol. The summed E-state index contributed by atoms with van der Waals surface area (Å²) in [4.78, 5) is 23.6. The van der Waals surface area contributed by atoms with E-state index in [-0.39, 0.29) is 17.6 Å². The Bertz CT molecular complexity index is 994. The van der Waals surface area contributed by atoms with Crippen LogP contribution in [-0.2, 0) is 4.79 Å². The highest BCUT2D eigenvalue weighted by molar-refractivity contribution is 9.10. The second kappa shape index (κ2) is 8.69. The van der Waals surface area contributed by atoms with E-state index in [0.29, 0.717) is 12.5 Å². The highest BCUT2D eigenvalue weighted by Crippen LogP contribution is 2.24. The van der Waals surface area contributed by atoms with Crippen LogP contribution in [0.15, 0.2) is 65.4 Å². The zero-order valence-electron chi connectivity index (χ0n) is 15.7. The Hall–Kier alpha value is -2.80. The fourth-order valence-electron chi connectivity index (χ4n) is 3.45. The van der Waals surface area contributed by atoms with E-state index in [9.17, 15) is 9.18 Å². The molecule has 4 rings (SSSR count). The van der Waals surface area contributed by atoms with Crippen LogP contribution in [0, 0.1) is 11.7 Å². The van der Waals surface area contributed by atoms with Gasteiger partial charge in [0.1, 0.15) is 5.82 Å². The van der Waals surface area contributed by atoms with Gasteiger partial charge in [0.15, 0.2) is 0 Å². The Balaban J connectivity index is 1.42. The molecule has 1 saturated heterocycles. The molecule has 2 heterocycles. The van der Waals surface area contributed by atoms with Crippen molar-refractivity contribution in [2.45, 2.75) is 12.8 Å². The maximum Gasteiger partial charge on any atom is 0.229 e. The van der Waals surface area contributed by atoms with Crippen molar-refractivity contribution in [1.82, 2.24) is 9.97 Å². The molecule has 3 aromatic rings. The van der Waals surface area contributed by atoms with E-state index in [2.05, 4.69) is 31.2 Å². The Morgan fingerprint density at radius 1 is 1.10 bits per heavy atom. The van der Waals surface area contributed by atoms with E-state index in [1.54, 1.807) is 18.5 Å². The summed E-state index contributed by atoms with van der Waals surface area (Å²) >= 11 is 3.39. The monoisotopic (exact) mass is 454 g/mol. The molecule has 5 nitrogen and oxygen atoms in total. The van der Waals surface area contributed by atoms with Crippen LogP contribution in [0.4, 0.5) is 16.0 Å². The third kappa shape index (κ3) is 4.79. The number of carbonyl (C=O) groups is 1. The van der Waals surface area contributed by atoms with Crippen LogP contribution in [0.25, 0.3) is 11.1 Å². The van der Waals surface area contributed by atoms with Crippen LogP contribution in [-0.4, -0.2) is 29.0 Å². The van der Waals surface area contributed by atoms with Gasteiger partial charge in [-0.3, -0.25) is 4.79 Å². The smallest absolute Gasteiger partial charge is 0.229 e. The molecule has 148 valence electrons. The summed E-state index contributed by atoms with van der Waals surface area (Å²) in [5.74, 6) is 0.181. The highest BCUT2D eigenvalue weighted by Gasteiger charge is 2.27. The lowest BCUT2D eigenvalue weighted by molar-refractivity contribution is -0.120. The molecule has 1 N–H and O–H groups in total. The molecule has 0 aliphatic carbocycles. The van der Waals surface area contributed by atoms with Crippen molar-refractivity contribution in [3.05, 3.63) is 71.2 Å². The number of amides is 1. The van der Waals surface area contributed by atoms with Gasteiger partial charge in [0.05, 0.1) is 5.92 Å². The molecule has 0 spiro atoms. The number of hydrogen-bond acceptors (Lipinski definition) is 4. The van der Waals surface area contributed by atoms with Gasteiger partial charge in [0.2, 0.25) is 11.9 Å². The average molecular weight is 455 g/mol. The molecule has 1 amide bonds. The predicted molar refractivity (Wildman–Crippen MR) is 115 cm³/mol. The van der Waals surface area contributed by atoms with Gasteiger partial charge in [-0.15, -0.1) is 0 Å². The molecule has 1 aliphatic heterocycles. The number of nitrogens with zero attached hydrogens (tertiary/aromatic N) is 3. The Kier molecular flexibility index (Phi) is 5.85. The van der Waals surface area contributed by atoms with E-state index in [4.69, 9.17) is 0 Å². The third-order valence-electron chi connectivity index (χ3n) is 4.98. The van der Waals surface area contributed by atoms with E-state index in [1.807, 2.05) is 35.2 Å². The Morgan fingerprint density at radius 3 is 2.59 bits per heavy atom. The van der Waals surface area contributed by atoms with Gasteiger partial charge in [-0.1, -0.05) is 28.1 Å². The highest BCUT2D eigenvalue weighted by atomic mass is 79.9. The summed E-state index contributed by atoms with van der Waals surface area (Å²) in [5, 5.41) is 2.98. The molecule has 7 heteroatoms. The average Bonchev–Trinajstić information content (AvgIpc) is 2.75. The molecule has 1 aromatic heterocycles. The molecule has 1 aliphatic rings. The summed E-state index contributed by atoms with van der Waals surface area (Å²) in [7, 11) is 0. The maximum absolute atomic E-state index is 13.4. The molecule has 1 fully saturated rings. The van der Waals surface area contributed by atoms with Gasteiger partial charge in [-0.25, -0.2) is 14.4 Å². The topological polar surface area (TPSA) is 58.1 Å². The predicted octanol–water partition coefficient (Wildman–Crippen LogP) is 4.90. The first-order valence-electron chi connectivity index (χ1n) is 9.48. The van der Waals surface area contributed by atoms with Gasteiger partial charge in [-0.05, 0) is 54.8 Å². The van der Waals surface area contributed by atoms with Crippen LogP contribution in [0.1, 0.15) is 12.8 Å². The number of piperidine rings is 1. The van der Waals surface area contributed by atoms with Gasteiger partial charge in [0.25, 0.3) is 0 Å². The first kappa shape index (κ1) is 19.5. The van der Waals surface area contributed by atoms with E-state index < -0.39 is 0 Å². The standard InChI is InChI=1S/C22H20BrFN4O/c23-18-6-8-20(9-7-18)27-21(29)16-4-2-10-28(14-16)22-25-12-17(13-26-22)15-3-1-5-19(24)11-15/h1,3,5-9,11-13,16H,2,4,10,14H2,(H,27,29)/t16-/m1/s1.